The fourth-order valence-electron chi connectivity index (χ4n) is 2.09. The van der Waals surface area contributed by atoms with Gasteiger partial charge >= 0.3 is 0 Å². The first-order valence-corrected chi connectivity index (χ1v) is 8.15. The van der Waals surface area contributed by atoms with Gasteiger partial charge in [0.05, 0.1) is 36.1 Å². The van der Waals surface area contributed by atoms with Gasteiger partial charge in [-0.25, -0.2) is 0 Å². The number of nitrogens with one attached hydrogen (secondary N) is 1. The highest BCUT2D eigenvalue weighted by atomic mass is 35.5. The quantitative estimate of drug-likeness (QED) is 0.637. The number of ether oxygens (including phenoxy) is 1. The number of rotatable bonds is 11. The SMILES string of the molecule is CCCNC(COCCC)c1c(Cl)cnn1CCN(C)C. The molecule has 0 aliphatic rings. The highest BCUT2D eigenvalue weighted by Crippen LogP contribution is 2.23. The van der Waals surface area contributed by atoms with Crippen LogP contribution in [0.1, 0.15) is 38.4 Å². The predicted molar refractivity (Wildman–Crippen MR) is 87.9 cm³/mol. The molecule has 0 aliphatic heterocycles. The molecule has 0 saturated carbocycles. The molecule has 6 heteroatoms. The summed E-state index contributed by atoms with van der Waals surface area (Å²) in [5, 5.41) is 8.63. The maximum absolute atomic E-state index is 6.35. The second-order valence-electron chi connectivity index (χ2n) is 5.49. The zero-order chi connectivity index (χ0) is 15.7. The van der Waals surface area contributed by atoms with Gasteiger partial charge in [0.1, 0.15) is 0 Å². The Labute approximate surface area is 133 Å². The van der Waals surface area contributed by atoms with Crippen molar-refractivity contribution in [2.24, 2.45) is 0 Å². The van der Waals surface area contributed by atoms with Crippen molar-refractivity contribution >= 4 is 11.6 Å². The minimum absolute atomic E-state index is 0.0914. The van der Waals surface area contributed by atoms with Crippen LogP contribution >= 0.6 is 11.6 Å². The first-order chi connectivity index (χ1) is 10.1. The molecule has 1 aromatic heterocycles. The second kappa shape index (κ2) is 10.2. The second-order valence-corrected chi connectivity index (χ2v) is 5.89. The molecule has 21 heavy (non-hydrogen) atoms. The number of likely N-dealkylation sites (N-methyl/N-ethyl adjacent to an activating group) is 1. The Morgan fingerprint density at radius 2 is 2.14 bits per heavy atom. The molecule has 122 valence electrons. The molecule has 5 nitrogen and oxygen atoms in total. The van der Waals surface area contributed by atoms with Crippen molar-refractivity contribution in [3.05, 3.63) is 16.9 Å². The monoisotopic (exact) mass is 316 g/mol. The van der Waals surface area contributed by atoms with Crippen molar-refractivity contribution in [1.82, 2.24) is 20.0 Å². The van der Waals surface area contributed by atoms with E-state index in [9.17, 15) is 0 Å². The number of halogens is 1. The van der Waals surface area contributed by atoms with Crippen molar-refractivity contribution < 1.29 is 4.74 Å². The van der Waals surface area contributed by atoms with Gasteiger partial charge in [0.2, 0.25) is 0 Å². The summed E-state index contributed by atoms with van der Waals surface area (Å²) in [4.78, 5) is 2.14. The predicted octanol–water partition coefficient (Wildman–Crippen LogP) is 2.57. The molecule has 0 aromatic carbocycles. The number of nitrogens with zero attached hydrogens (tertiary/aromatic N) is 3. The van der Waals surface area contributed by atoms with Gasteiger partial charge in [0.15, 0.2) is 0 Å². The molecule has 0 fully saturated rings. The smallest absolute Gasteiger partial charge is 0.0835 e. The third-order valence-electron chi connectivity index (χ3n) is 3.20. The maximum atomic E-state index is 6.35. The van der Waals surface area contributed by atoms with Crippen LogP contribution < -0.4 is 5.32 Å². The van der Waals surface area contributed by atoms with E-state index in [2.05, 4.69) is 43.3 Å². The average Bonchev–Trinajstić information content (AvgIpc) is 2.81. The molecule has 0 amide bonds. The lowest BCUT2D eigenvalue weighted by Gasteiger charge is -2.21. The van der Waals surface area contributed by atoms with E-state index in [4.69, 9.17) is 16.3 Å². The van der Waals surface area contributed by atoms with Crippen LogP contribution in [-0.4, -0.2) is 55.1 Å². The topological polar surface area (TPSA) is 42.3 Å². The Bertz CT molecular complexity index is 395. The summed E-state index contributed by atoms with van der Waals surface area (Å²) in [6.07, 6.45) is 3.83. The van der Waals surface area contributed by atoms with Crippen molar-refractivity contribution in [1.29, 1.82) is 0 Å². The number of hydrogen-bond acceptors (Lipinski definition) is 4. The summed E-state index contributed by atoms with van der Waals surface area (Å²) in [6, 6.07) is 0.0914. The van der Waals surface area contributed by atoms with Crippen molar-refractivity contribution in [2.45, 2.75) is 39.3 Å². The fraction of sp³-hybridized carbons (Fsp3) is 0.800. The van der Waals surface area contributed by atoms with Crippen LogP contribution in [0.15, 0.2) is 6.20 Å². The lowest BCUT2D eigenvalue weighted by molar-refractivity contribution is 0.109. The van der Waals surface area contributed by atoms with Gasteiger partial charge in [-0.05, 0) is 33.5 Å². The van der Waals surface area contributed by atoms with E-state index in [-0.39, 0.29) is 6.04 Å². The van der Waals surface area contributed by atoms with Crippen LogP contribution in [0.3, 0.4) is 0 Å². The van der Waals surface area contributed by atoms with Gasteiger partial charge in [-0.1, -0.05) is 25.4 Å². The molecular weight excluding hydrogens is 288 g/mol. The number of aromatic nitrogens is 2. The first kappa shape index (κ1) is 18.4. The van der Waals surface area contributed by atoms with E-state index < -0.39 is 0 Å². The summed E-state index contributed by atoms with van der Waals surface area (Å²) in [6.45, 7) is 8.36. The molecule has 1 rings (SSSR count). The van der Waals surface area contributed by atoms with Gasteiger partial charge in [0.25, 0.3) is 0 Å². The molecule has 0 radical (unpaired) electrons. The molecular formula is C15H29ClN4O. The van der Waals surface area contributed by atoms with Crippen LogP contribution in [-0.2, 0) is 11.3 Å². The molecule has 1 N–H and O–H groups in total. The molecule has 1 heterocycles. The highest BCUT2D eigenvalue weighted by molar-refractivity contribution is 6.31. The highest BCUT2D eigenvalue weighted by Gasteiger charge is 2.20. The van der Waals surface area contributed by atoms with Crippen LogP contribution in [0.2, 0.25) is 5.02 Å². The van der Waals surface area contributed by atoms with E-state index >= 15 is 0 Å². The van der Waals surface area contributed by atoms with Gasteiger partial charge < -0.3 is 15.0 Å². The summed E-state index contributed by atoms with van der Waals surface area (Å²) in [5.41, 5.74) is 1.03. The Balaban J connectivity index is 2.80. The lowest BCUT2D eigenvalue weighted by atomic mass is 10.2. The van der Waals surface area contributed by atoms with Crippen LogP contribution in [0.5, 0.6) is 0 Å². The summed E-state index contributed by atoms with van der Waals surface area (Å²) in [7, 11) is 4.11. The lowest BCUT2D eigenvalue weighted by Crippen LogP contribution is -2.30. The third-order valence-corrected chi connectivity index (χ3v) is 3.49. The molecule has 1 aromatic rings. The standard InChI is InChI=1S/C15H29ClN4O/c1-5-7-17-14(12-21-10-6-2)15-13(16)11-18-20(15)9-8-19(3)4/h11,14,17H,5-10,12H2,1-4H3. The van der Waals surface area contributed by atoms with Gasteiger partial charge in [-0.3, -0.25) is 4.68 Å². The third kappa shape index (κ3) is 6.34. The van der Waals surface area contributed by atoms with Gasteiger partial charge in [-0.15, -0.1) is 0 Å². The molecule has 0 saturated heterocycles. The van der Waals surface area contributed by atoms with E-state index in [0.717, 1.165) is 44.8 Å². The molecule has 1 atom stereocenters. The minimum atomic E-state index is 0.0914. The van der Waals surface area contributed by atoms with E-state index in [0.29, 0.717) is 11.6 Å². The zero-order valence-corrected chi connectivity index (χ0v) is 14.5. The summed E-state index contributed by atoms with van der Waals surface area (Å²) < 4.78 is 7.72. The van der Waals surface area contributed by atoms with E-state index in [1.807, 2.05) is 4.68 Å². The normalized spacial score (nSPS) is 13.0. The van der Waals surface area contributed by atoms with Crippen molar-refractivity contribution in [3.8, 4) is 0 Å². The maximum Gasteiger partial charge on any atom is 0.0835 e. The van der Waals surface area contributed by atoms with E-state index in [1.165, 1.54) is 0 Å². The van der Waals surface area contributed by atoms with Crippen LogP contribution in [0.4, 0.5) is 0 Å². The van der Waals surface area contributed by atoms with Crippen LogP contribution in [0, 0.1) is 0 Å². The summed E-state index contributed by atoms with van der Waals surface area (Å²) in [5.74, 6) is 0. The summed E-state index contributed by atoms with van der Waals surface area (Å²) >= 11 is 6.35. The largest absolute Gasteiger partial charge is 0.379 e. The van der Waals surface area contributed by atoms with Crippen molar-refractivity contribution in [3.63, 3.8) is 0 Å². The number of hydrogen-bond donors (Lipinski definition) is 1. The Kier molecular flexibility index (Phi) is 8.92. The van der Waals surface area contributed by atoms with Crippen LogP contribution in [0.25, 0.3) is 0 Å². The average molecular weight is 317 g/mol. The molecule has 0 bridgehead atoms. The van der Waals surface area contributed by atoms with Gasteiger partial charge in [-0.2, -0.15) is 5.10 Å². The molecule has 0 aliphatic carbocycles. The Morgan fingerprint density at radius 3 is 2.76 bits per heavy atom. The Hall–Kier alpha value is -0.620. The van der Waals surface area contributed by atoms with Gasteiger partial charge in [0, 0.05) is 13.2 Å². The minimum Gasteiger partial charge on any atom is -0.379 e. The molecule has 1 unspecified atom stereocenters. The first-order valence-electron chi connectivity index (χ1n) is 7.77. The fourth-order valence-corrected chi connectivity index (χ4v) is 2.36. The van der Waals surface area contributed by atoms with E-state index in [1.54, 1.807) is 6.20 Å². The zero-order valence-electron chi connectivity index (χ0n) is 13.7. The molecule has 0 spiro atoms. The Morgan fingerprint density at radius 1 is 1.38 bits per heavy atom. The van der Waals surface area contributed by atoms with Crippen molar-refractivity contribution in [2.75, 3.05) is 40.4 Å².